The zero-order chi connectivity index (χ0) is 9.99. The van der Waals surface area contributed by atoms with Gasteiger partial charge in [0.1, 0.15) is 16.1 Å². The maximum atomic E-state index is 11.7. The van der Waals surface area contributed by atoms with Crippen molar-refractivity contribution in [1.29, 1.82) is 0 Å². The first-order chi connectivity index (χ1) is 5.13. The van der Waals surface area contributed by atoms with E-state index in [0.717, 1.165) is 0 Å². The van der Waals surface area contributed by atoms with Gasteiger partial charge in [0.15, 0.2) is 0 Å². The summed E-state index contributed by atoms with van der Waals surface area (Å²) in [5, 5.41) is 0. The molecule has 0 rings (SSSR count). The number of hydrogen-bond donors (Lipinski definition) is 0. The van der Waals surface area contributed by atoms with Crippen molar-refractivity contribution in [3.05, 3.63) is 0 Å². The topological polar surface area (TPSA) is 66.4 Å². The second-order valence-corrected chi connectivity index (χ2v) is 3.05. The van der Waals surface area contributed by atoms with Gasteiger partial charge in [0.2, 0.25) is 0 Å². The Morgan fingerprint density at radius 1 is 1.38 bits per heavy atom. The Morgan fingerprint density at radius 3 is 2.00 bits per heavy atom. The monoisotopic (exact) mass is 234 g/mol. The zero-order valence-electron chi connectivity index (χ0n) is 6.34. The normalized spacial score (nSPS) is 14.8. The molecule has 0 aromatic heterocycles. The van der Waals surface area contributed by atoms with Gasteiger partial charge < -0.3 is 9.29 Å². The van der Waals surface area contributed by atoms with Crippen LogP contribution in [0.2, 0.25) is 0 Å². The molecule has 0 aliphatic heterocycles. The van der Waals surface area contributed by atoms with Crippen LogP contribution in [-0.2, 0) is 14.9 Å². The van der Waals surface area contributed by atoms with Gasteiger partial charge >= 0.3 is 35.7 Å². The smallest absolute Gasteiger partial charge is 0.746 e. The van der Waals surface area contributed by atoms with Crippen molar-refractivity contribution < 1.29 is 64.8 Å². The number of alkyl halides is 4. The number of rotatable bonds is 3. The molecule has 1 atom stereocenters. The molecule has 0 amide bonds. The third-order valence-corrected chi connectivity index (χ3v) is 1.04. The summed E-state index contributed by atoms with van der Waals surface area (Å²) in [7, 11) is -4.99. The molecule has 0 bridgehead atoms. The van der Waals surface area contributed by atoms with Crippen LogP contribution in [0.4, 0.5) is 17.6 Å². The fourth-order valence-electron chi connectivity index (χ4n) is 0.238. The molecule has 0 N–H and O–H groups in total. The molecule has 0 spiro atoms. The second kappa shape index (κ2) is 5.47. The molecule has 13 heavy (non-hydrogen) atoms. The van der Waals surface area contributed by atoms with Gasteiger partial charge in [0.25, 0.3) is 6.36 Å². The molecule has 10 heteroatoms. The molecule has 0 fully saturated rings. The molecule has 0 radical (unpaired) electrons. The van der Waals surface area contributed by atoms with Crippen LogP contribution < -0.4 is 29.6 Å². The SMILES string of the molecule is O=S(=O)([O-])COC(F)C(F)(F)F.[Na+]. The minimum atomic E-state index is -5.31. The molecule has 0 aliphatic carbocycles. The van der Waals surface area contributed by atoms with Crippen LogP contribution in [0.25, 0.3) is 0 Å². The predicted octanol–water partition coefficient (Wildman–Crippen LogP) is -2.63. The Hall–Kier alpha value is 0.590. The van der Waals surface area contributed by atoms with E-state index in [2.05, 4.69) is 4.74 Å². The van der Waals surface area contributed by atoms with E-state index in [9.17, 15) is 30.5 Å². The molecule has 0 aromatic rings. The Balaban J connectivity index is 0. The van der Waals surface area contributed by atoms with Gasteiger partial charge in [-0.2, -0.15) is 13.2 Å². The third kappa shape index (κ3) is 8.91. The van der Waals surface area contributed by atoms with Gasteiger partial charge in [0.05, 0.1) is 0 Å². The first-order valence-corrected chi connectivity index (χ1v) is 3.96. The summed E-state index contributed by atoms with van der Waals surface area (Å²) in [6, 6.07) is 0. The summed E-state index contributed by atoms with van der Waals surface area (Å²) in [5.41, 5.74) is 0. The molecule has 1 unspecified atom stereocenters. The van der Waals surface area contributed by atoms with Crippen LogP contribution in [0.3, 0.4) is 0 Å². The van der Waals surface area contributed by atoms with E-state index in [0.29, 0.717) is 0 Å². The Kier molecular flexibility index (Phi) is 6.74. The largest absolute Gasteiger partial charge is 1.00 e. The third-order valence-electron chi connectivity index (χ3n) is 0.616. The minimum absolute atomic E-state index is 0. The van der Waals surface area contributed by atoms with Gasteiger partial charge in [0, 0.05) is 0 Å². The molecule has 0 heterocycles. The second-order valence-electron chi connectivity index (χ2n) is 1.70. The van der Waals surface area contributed by atoms with E-state index in [1.54, 1.807) is 0 Å². The molecular formula is C3H3F4NaO4S. The van der Waals surface area contributed by atoms with Gasteiger partial charge in [-0.25, -0.2) is 12.8 Å². The predicted molar refractivity (Wildman–Crippen MR) is 26.6 cm³/mol. The molecular weight excluding hydrogens is 231 g/mol. The summed E-state index contributed by atoms with van der Waals surface area (Å²) in [5.74, 6) is -1.84. The van der Waals surface area contributed by atoms with Gasteiger partial charge in [-0.3, -0.25) is 0 Å². The van der Waals surface area contributed by atoms with Crippen LogP contribution >= 0.6 is 0 Å². The van der Waals surface area contributed by atoms with E-state index in [1.165, 1.54) is 0 Å². The summed E-state index contributed by atoms with van der Waals surface area (Å²) in [6.45, 7) is 0. The van der Waals surface area contributed by atoms with E-state index in [-0.39, 0.29) is 29.6 Å². The Bertz CT molecular complexity index is 236. The summed E-state index contributed by atoms with van der Waals surface area (Å²) in [4.78, 5) is 0. The standard InChI is InChI=1S/C3H4F4O4S.Na/c4-2(3(5,6)7)11-1-12(8,9)10;/h2H,1H2,(H,8,9,10);/q;+1/p-1. The van der Waals surface area contributed by atoms with E-state index in [4.69, 9.17) is 0 Å². The zero-order valence-corrected chi connectivity index (χ0v) is 9.15. The molecule has 0 saturated carbocycles. The molecule has 74 valence electrons. The van der Waals surface area contributed by atoms with Crippen LogP contribution in [0, 0.1) is 0 Å². The average molecular weight is 234 g/mol. The van der Waals surface area contributed by atoms with Crippen LogP contribution in [-0.4, -0.2) is 31.4 Å². The van der Waals surface area contributed by atoms with E-state index >= 15 is 0 Å². The van der Waals surface area contributed by atoms with Gasteiger partial charge in [-0.15, -0.1) is 0 Å². The fourth-order valence-corrected chi connectivity index (χ4v) is 0.524. The molecule has 0 aromatic carbocycles. The maximum absolute atomic E-state index is 11.7. The quantitative estimate of drug-likeness (QED) is 0.304. The van der Waals surface area contributed by atoms with E-state index in [1.807, 2.05) is 0 Å². The number of ether oxygens (including phenoxy) is 1. The van der Waals surface area contributed by atoms with Crippen LogP contribution in [0.5, 0.6) is 0 Å². The van der Waals surface area contributed by atoms with Gasteiger partial charge in [-0.05, 0) is 0 Å². The molecule has 4 nitrogen and oxygen atoms in total. The molecule has 0 saturated heterocycles. The first-order valence-electron chi connectivity index (χ1n) is 2.39. The van der Waals surface area contributed by atoms with Crippen molar-refractivity contribution in [3.63, 3.8) is 0 Å². The Labute approximate surface area is 93.3 Å². The summed E-state index contributed by atoms with van der Waals surface area (Å²) in [6.07, 6.45) is -9.06. The van der Waals surface area contributed by atoms with Crippen LogP contribution in [0.15, 0.2) is 0 Å². The maximum Gasteiger partial charge on any atom is 1.00 e. The Morgan fingerprint density at radius 2 is 1.77 bits per heavy atom. The van der Waals surface area contributed by atoms with Crippen molar-refractivity contribution in [1.82, 2.24) is 0 Å². The van der Waals surface area contributed by atoms with Crippen molar-refractivity contribution in [2.75, 3.05) is 5.94 Å². The van der Waals surface area contributed by atoms with E-state index < -0.39 is 28.6 Å². The average Bonchev–Trinajstić information content (AvgIpc) is 1.78. The fraction of sp³-hybridized carbons (Fsp3) is 1.00. The van der Waals surface area contributed by atoms with Crippen LogP contribution in [0.1, 0.15) is 0 Å². The van der Waals surface area contributed by atoms with Gasteiger partial charge in [-0.1, -0.05) is 0 Å². The first kappa shape index (κ1) is 16.0. The summed E-state index contributed by atoms with van der Waals surface area (Å²) >= 11 is 0. The summed E-state index contributed by atoms with van der Waals surface area (Å²) < 4.78 is 77.4. The number of halogens is 4. The molecule has 0 aliphatic rings. The van der Waals surface area contributed by atoms with Crippen molar-refractivity contribution in [3.8, 4) is 0 Å². The van der Waals surface area contributed by atoms with Crippen molar-refractivity contribution >= 4 is 10.1 Å². The minimum Gasteiger partial charge on any atom is -0.746 e. The van der Waals surface area contributed by atoms with Crippen molar-refractivity contribution in [2.45, 2.75) is 12.5 Å². The van der Waals surface area contributed by atoms with Crippen molar-refractivity contribution in [2.24, 2.45) is 0 Å². The number of hydrogen-bond acceptors (Lipinski definition) is 4.